The second-order valence-corrected chi connectivity index (χ2v) is 7.46. The van der Waals surface area contributed by atoms with Crippen molar-refractivity contribution >= 4 is 43.1 Å². The predicted molar refractivity (Wildman–Crippen MR) is 80.9 cm³/mol. The molecule has 7 heteroatoms. The molecule has 0 saturated carbocycles. The van der Waals surface area contributed by atoms with Crippen molar-refractivity contribution in [3.05, 3.63) is 57.3 Å². The van der Waals surface area contributed by atoms with Gasteiger partial charge in [0.15, 0.2) is 9.84 Å². The first kappa shape index (κ1) is 15.3. The minimum atomic E-state index is -3.66. The summed E-state index contributed by atoms with van der Waals surface area (Å²) in [5.74, 6) is -0.856. The van der Waals surface area contributed by atoms with Gasteiger partial charge < -0.3 is 5.73 Å². The van der Waals surface area contributed by atoms with Crippen molar-refractivity contribution in [1.82, 2.24) is 0 Å². The van der Waals surface area contributed by atoms with Gasteiger partial charge in [0.1, 0.15) is 5.82 Å². The first-order valence-corrected chi connectivity index (χ1v) is 8.33. The van der Waals surface area contributed by atoms with Crippen LogP contribution in [0, 0.1) is 5.82 Å². The standard InChI is InChI=1S/C13H10BrClFNO2S/c14-9-2-4-12(17)13(5-9)20(18,19)7-8-1-3-10(16)6-11(8)15/h1-6H,7,17H2. The van der Waals surface area contributed by atoms with E-state index >= 15 is 0 Å². The number of nitrogen functional groups attached to an aromatic ring is 1. The smallest absolute Gasteiger partial charge is 0.184 e. The minimum Gasteiger partial charge on any atom is -0.398 e. The summed E-state index contributed by atoms with van der Waals surface area (Å²) >= 11 is 9.05. The van der Waals surface area contributed by atoms with Gasteiger partial charge in [0.2, 0.25) is 0 Å². The van der Waals surface area contributed by atoms with Crippen molar-refractivity contribution in [2.45, 2.75) is 10.6 Å². The Bertz CT molecular complexity index is 765. The summed E-state index contributed by atoms with van der Waals surface area (Å²) in [6.45, 7) is 0. The molecule has 0 fully saturated rings. The lowest BCUT2D eigenvalue weighted by molar-refractivity contribution is 0.595. The van der Waals surface area contributed by atoms with E-state index in [-0.39, 0.29) is 21.4 Å². The number of halogens is 3. The van der Waals surface area contributed by atoms with Crippen molar-refractivity contribution < 1.29 is 12.8 Å². The molecule has 0 aromatic heterocycles. The molecule has 0 bridgehead atoms. The Hall–Kier alpha value is -1.11. The van der Waals surface area contributed by atoms with Crippen LogP contribution in [0.1, 0.15) is 5.56 Å². The summed E-state index contributed by atoms with van der Waals surface area (Å²) in [7, 11) is -3.66. The molecule has 2 aromatic rings. The molecule has 106 valence electrons. The number of sulfone groups is 1. The van der Waals surface area contributed by atoms with Gasteiger partial charge in [-0.15, -0.1) is 0 Å². The molecule has 0 atom stereocenters. The summed E-state index contributed by atoms with van der Waals surface area (Å²) in [6.07, 6.45) is 0. The van der Waals surface area contributed by atoms with E-state index in [9.17, 15) is 12.8 Å². The molecule has 2 aromatic carbocycles. The van der Waals surface area contributed by atoms with Crippen LogP contribution in [0.5, 0.6) is 0 Å². The van der Waals surface area contributed by atoms with Crippen LogP contribution in [0.4, 0.5) is 10.1 Å². The van der Waals surface area contributed by atoms with Crippen LogP contribution in [-0.4, -0.2) is 8.42 Å². The third-order valence-electron chi connectivity index (χ3n) is 2.67. The van der Waals surface area contributed by atoms with Crippen LogP contribution in [0.3, 0.4) is 0 Å². The van der Waals surface area contributed by atoms with Gasteiger partial charge >= 0.3 is 0 Å². The van der Waals surface area contributed by atoms with Gasteiger partial charge in [-0.05, 0) is 35.9 Å². The highest BCUT2D eigenvalue weighted by molar-refractivity contribution is 9.10. The second-order valence-electron chi connectivity index (χ2n) is 4.18. The monoisotopic (exact) mass is 377 g/mol. The number of hydrogen-bond donors (Lipinski definition) is 1. The Labute approximate surface area is 129 Å². The first-order chi connectivity index (χ1) is 9.29. The summed E-state index contributed by atoms with van der Waals surface area (Å²) in [5, 5.41) is 0.0714. The normalized spacial score (nSPS) is 11.6. The van der Waals surface area contributed by atoms with Crippen LogP contribution >= 0.6 is 27.5 Å². The van der Waals surface area contributed by atoms with Crippen LogP contribution < -0.4 is 5.73 Å². The zero-order valence-corrected chi connectivity index (χ0v) is 13.3. The molecule has 0 aliphatic carbocycles. The molecule has 2 N–H and O–H groups in total. The fraction of sp³-hybridized carbons (Fsp3) is 0.0769. The Morgan fingerprint density at radius 1 is 1.20 bits per heavy atom. The predicted octanol–water partition coefficient (Wildman–Crippen LogP) is 3.80. The zero-order valence-electron chi connectivity index (χ0n) is 10.1. The lowest BCUT2D eigenvalue weighted by Crippen LogP contribution is -2.08. The molecule has 0 unspecified atom stereocenters. The maximum absolute atomic E-state index is 13.0. The fourth-order valence-corrected chi connectivity index (χ4v) is 4.07. The molecular formula is C13H10BrClFNO2S. The molecule has 0 aliphatic rings. The topological polar surface area (TPSA) is 60.2 Å². The second kappa shape index (κ2) is 5.71. The van der Waals surface area contributed by atoms with Gasteiger partial charge in [-0.3, -0.25) is 0 Å². The SMILES string of the molecule is Nc1ccc(Br)cc1S(=O)(=O)Cc1ccc(F)cc1Cl. The number of hydrogen-bond acceptors (Lipinski definition) is 3. The van der Waals surface area contributed by atoms with E-state index in [1.165, 1.54) is 24.3 Å². The highest BCUT2D eigenvalue weighted by Gasteiger charge is 2.20. The van der Waals surface area contributed by atoms with E-state index in [4.69, 9.17) is 17.3 Å². The molecule has 0 saturated heterocycles. The van der Waals surface area contributed by atoms with Crippen molar-refractivity contribution in [3.8, 4) is 0 Å². The number of nitrogens with two attached hydrogens (primary N) is 1. The number of rotatable bonds is 3. The molecule has 0 radical (unpaired) electrons. The quantitative estimate of drug-likeness (QED) is 0.827. The molecule has 0 heterocycles. The van der Waals surface area contributed by atoms with E-state index in [1.54, 1.807) is 6.07 Å². The van der Waals surface area contributed by atoms with Crippen molar-refractivity contribution in [2.24, 2.45) is 0 Å². The summed E-state index contributed by atoms with van der Waals surface area (Å²) in [6, 6.07) is 8.19. The van der Waals surface area contributed by atoms with Gasteiger partial charge in [-0.2, -0.15) is 0 Å². The third kappa shape index (κ3) is 3.31. The highest BCUT2D eigenvalue weighted by Crippen LogP contribution is 2.28. The zero-order chi connectivity index (χ0) is 14.9. The molecule has 0 aliphatic heterocycles. The van der Waals surface area contributed by atoms with E-state index in [0.29, 0.717) is 10.0 Å². The van der Waals surface area contributed by atoms with Crippen LogP contribution in [0.2, 0.25) is 5.02 Å². The van der Waals surface area contributed by atoms with E-state index in [0.717, 1.165) is 6.07 Å². The van der Waals surface area contributed by atoms with E-state index in [1.807, 2.05) is 0 Å². The largest absolute Gasteiger partial charge is 0.398 e. The summed E-state index contributed by atoms with van der Waals surface area (Å²) < 4.78 is 38.3. The van der Waals surface area contributed by atoms with Crippen molar-refractivity contribution in [2.75, 3.05) is 5.73 Å². The van der Waals surface area contributed by atoms with Crippen LogP contribution in [-0.2, 0) is 15.6 Å². The summed E-state index contributed by atoms with van der Waals surface area (Å²) in [5.41, 5.74) is 6.18. The minimum absolute atomic E-state index is 0.0206. The Balaban J connectivity index is 2.43. The lowest BCUT2D eigenvalue weighted by Gasteiger charge is -2.09. The molecule has 2 rings (SSSR count). The van der Waals surface area contributed by atoms with Crippen LogP contribution in [0.25, 0.3) is 0 Å². The van der Waals surface area contributed by atoms with Gasteiger partial charge in [-0.1, -0.05) is 33.6 Å². The molecule has 3 nitrogen and oxygen atoms in total. The number of anilines is 1. The number of benzene rings is 2. The molecular weight excluding hydrogens is 369 g/mol. The van der Waals surface area contributed by atoms with Crippen LogP contribution in [0.15, 0.2) is 45.8 Å². The maximum Gasteiger partial charge on any atom is 0.184 e. The van der Waals surface area contributed by atoms with E-state index < -0.39 is 15.7 Å². The fourth-order valence-electron chi connectivity index (χ4n) is 1.70. The van der Waals surface area contributed by atoms with Gasteiger partial charge in [0.05, 0.1) is 16.3 Å². The Morgan fingerprint density at radius 2 is 1.90 bits per heavy atom. The maximum atomic E-state index is 13.0. The third-order valence-corrected chi connectivity index (χ3v) is 5.23. The Morgan fingerprint density at radius 3 is 2.55 bits per heavy atom. The van der Waals surface area contributed by atoms with Crippen molar-refractivity contribution in [1.29, 1.82) is 0 Å². The average Bonchev–Trinajstić information content (AvgIpc) is 2.35. The lowest BCUT2D eigenvalue weighted by atomic mass is 10.2. The molecule has 20 heavy (non-hydrogen) atoms. The van der Waals surface area contributed by atoms with Gasteiger partial charge in [-0.25, -0.2) is 12.8 Å². The van der Waals surface area contributed by atoms with E-state index in [2.05, 4.69) is 15.9 Å². The first-order valence-electron chi connectivity index (χ1n) is 5.51. The average molecular weight is 379 g/mol. The highest BCUT2D eigenvalue weighted by atomic mass is 79.9. The van der Waals surface area contributed by atoms with Gasteiger partial charge in [0, 0.05) is 9.50 Å². The molecule has 0 amide bonds. The molecule has 0 spiro atoms. The summed E-state index contributed by atoms with van der Waals surface area (Å²) in [4.78, 5) is 0.0206. The van der Waals surface area contributed by atoms with Crippen molar-refractivity contribution in [3.63, 3.8) is 0 Å². The van der Waals surface area contributed by atoms with Gasteiger partial charge in [0.25, 0.3) is 0 Å². The Kier molecular flexibility index (Phi) is 4.36.